The van der Waals surface area contributed by atoms with Gasteiger partial charge in [0.2, 0.25) is 0 Å². The first-order valence-electron chi connectivity index (χ1n) is 4.51. The molecule has 0 amide bonds. The van der Waals surface area contributed by atoms with Crippen LogP contribution < -0.4 is 5.73 Å². The largest absolute Gasteiger partial charge is 0.399 e. The molecule has 0 fully saturated rings. The maximum absolute atomic E-state index is 11.5. The van der Waals surface area contributed by atoms with Crippen LogP contribution in [0.1, 0.15) is 5.56 Å². The quantitative estimate of drug-likeness (QED) is 0.548. The summed E-state index contributed by atoms with van der Waals surface area (Å²) in [5.74, 6) is -0.319. The van der Waals surface area contributed by atoms with Gasteiger partial charge in [-0.25, -0.2) is 0 Å². The number of rotatable bonds is 1. The van der Waals surface area contributed by atoms with E-state index in [1.54, 1.807) is 24.3 Å². The summed E-state index contributed by atoms with van der Waals surface area (Å²) >= 11 is 0. The molecule has 0 aliphatic heterocycles. The van der Waals surface area contributed by atoms with Crippen molar-refractivity contribution in [1.29, 1.82) is 0 Å². The molecule has 0 radical (unpaired) electrons. The summed E-state index contributed by atoms with van der Waals surface area (Å²) in [5.41, 5.74) is 7.30. The molecule has 3 nitrogen and oxygen atoms in total. The van der Waals surface area contributed by atoms with E-state index in [-0.39, 0.29) is 11.6 Å². The van der Waals surface area contributed by atoms with Crippen LogP contribution in [-0.2, 0) is 9.59 Å². The van der Waals surface area contributed by atoms with Crippen LogP contribution in [0.15, 0.2) is 42.5 Å². The Labute approximate surface area is 86.9 Å². The second-order valence-corrected chi connectivity index (χ2v) is 3.28. The van der Waals surface area contributed by atoms with Crippen molar-refractivity contribution >= 4 is 22.8 Å². The molecular weight excluding hydrogens is 190 g/mol. The first-order valence-corrected chi connectivity index (χ1v) is 4.51. The lowest BCUT2D eigenvalue weighted by Crippen LogP contribution is -2.06. The van der Waals surface area contributed by atoms with Gasteiger partial charge >= 0.3 is 0 Å². The molecule has 0 unspecified atom stereocenters. The zero-order chi connectivity index (χ0) is 10.8. The van der Waals surface area contributed by atoms with Crippen molar-refractivity contribution in [1.82, 2.24) is 0 Å². The third-order valence-corrected chi connectivity index (χ3v) is 2.17. The molecule has 1 aliphatic carbocycles. The van der Waals surface area contributed by atoms with Gasteiger partial charge in [0.15, 0.2) is 11.6 Å². The first kappa shape index (κ1) is 9.40. The van der Waals surface area contributed by atoms with Gasteiger partial charge in [0, 0.05) is 11.3 Å². The van der Waals surface area contributed by atoms with Crippen molar-refractivity contribution in [2.24, 2.45) is 0 Å². The Morgan fingerprint density at radius 1 is 0.933 bits per heavy atom. The second-order valence-electron chi connectivity index (χ2n) is 3.28. The average molecular weight is 199 g/mol. The van der Waals surface area contributed by atoms with Crippen LogP contribution in [0.2, 0.25) is 0 Å². The Kier molecular flexibility index (Phi) is 2.21. The normalized spacial score (nSPS) is 15.3. The SMILES string of the molecule is Nc1ccc(C2=CC(=O)C=CC2=O)cc1. The molecular formula is C12H9NO2. The van der Waals surface area contributed by atoms with Crippen LogP contribution in [0, 0.1) is 0 Å². The number of nitrogen functional groups attached to an aromatic ring is 1. The number of nitrogens with two attached hydrogens (primary N) is 1. The molecule has 3 heteroatoms. The number of allylic oxidation sites excluding steroid dienone is 4. The number of carbonyl (C=O) groups excluding carboxylic acids is 2. The van der Waals surface area contributed by atoms with Crippen LogP contribution in [0.4, 0.5) is 5.69 Å². The van der Waals surface area contributed by atoms with Crippen LogP contribution >= 0.6 is 0 Å². The van der Waals surface area contributed by atoms with E-state index in [1.807, 2.05) is 0 Å². The van der Waals surface area contributed by atoms with Crippen LogP contribution in [0.25, 0.3) is 5.57 Å². The molecule has 2 N–H and O–H groups in total. The van der Waals surface area contributed by atoms with Gasteiger partial charge in [-0.3, -0.25) is 9.59 Å². The smallest absolute Gasteiger partial charge is 0.186 e. The second kappa shape index (κ2) is 3.53. The number of hydrogen-bond acceptors (Lipinski definition) is 3. The van der Waals surface area contributed by atoms with E-state index < -0.39 is 0 Å². The van der Waals surface area contributed by atoms with Gasteiger partial charge in [-0.1, -0.05) is 12.1 Å². The van der Waals surface area contributed by atoms with Crippen molar-refractivity contribution in [3.05, 3.63) is 48.1 Å². The highest BCUT2D eigenvalue weighted by Gasteiger charge is 2.14. The summed E-state index contributed by atoms with van der Waals surface area (Å²) in [6, 6.07) is 6.86. The van der Waals surface area contributed by atoms with E-state index in [0.717, 1.165) is 0 Å². The van der Waals surface area contributed by atoms with Crippen LogP contribution in [0.5, 0.6) is 0 Å². The highest BCUT2D eigenvalue weighted by Crippen LogP contribution is 2.20. The Morgan fingerprint density at radius 3 is 2.27 bits per heavy atom. The fourth-order valence-electron chi connectivity index (χ4n) is 1.40. The highest BCUT2D eigenvalue weighted by atomic mass is 16.1. The number of benzene rings is 1. The molecule has 1 aromatic rings. The van der Waals surface area contributed by atoms with Crippen molar-refractivity contribution in [2.45, 2.75) is 0 Å². The zero-order valence-corrected chi connectivity index (χ0v) is 7.94. The lowest BCUT2D eigenvalue weighted by Gasteiger charge is -2.06. The number of carbonyl (C=O) groups is 2. The van der Waals surface area contributed by atoms with Gasteiger partial charge in [-0.15, -0.1) is 0 Å². The highest BCUT2D eigenvalue weighted by molar-refractivity contribution is 6.33. The lowest BCUT2D eigenvalue weighted by molar-refractivity contribution is -0.113. The summed E-state index contributed by atoms with van der Waals surface area (Å²) in [4.78, 5) is 22.6. The third kappa shape index (κ3) is 1.86. The van der Waals surface area contributed by atoms with Gasteiger partial charge in [-0.2, -0.15) is 0 Å². The van der Waals surface area contributed by atoms with Crippen LogP contribution in [0.3, 0.4) is 0 Å². The van der Waals surface area contributed by atoms with E-state index in [4.69, 9.17) is 5.73 Å². The van der Waals surface area contributed by atoms with Gasteiger partial charge in [0.25, 0.3) is 0 Å². The van der Waals surface area contributed by atoms with Gasteiger partial charge in [0.1, 0.15) is 0 Å². The van der Waals surface area contributed by atoms with Crippen LogP contribution in [-0.4, -0.2) is 11.6 Å². The summed E-state index contributed by atoms with van der Waals surface area (Å²) in [7, 11) is 0. The molecule has 0 atom stereocenters. The van der Waals surface area contributed by atoms with Crippen molar-refractivity contribution < 1.29 is 9.59 Å². The molecule has 2 rings (SSSR count). The van der Waals surface area contributed by atoms with E-state index in [0.29, 0.717) is 16.8 Å². The molecule has 74 valence electrons. The van der Waals surface area contributed by atoms with Crippen molar-refractivity contribution in [3.8, 4) is 0 Å². The molecule has 0 heterocycles. The molecule has 15 heavy (non-hydrogen) atoms. The fourth-order valence-corrected chi connectivity index (χ4v) is 1.40. The summed E-state index contributed by atoms with van der Waals surface area (Å²) in [6.07, 6.45) is 3.89. The Bertz CT molecular complexity index is 481. The monoisotopic (exact) mass is 199 g/mol. The predicted octanol–water partition coefficient (Wildman–Crippen LogP) is 1.36. The third-order valence-electron chi connectivity index (χ3n) is 2.17. The predicted molar refractivity (Wildman–Crippen MR) is 58.0 cm³/mol. The minimum atomic E-state index is -0.165. The maximum atomic E-state index is 11.5. The molecule has 0 bridgehead atoms. The maximum Gasteiger partial charge on any atom is 0.186 e. The van der Waals surface area contributed by atoms with E-state index in [9.17, 15) is 9.59 Å². The zero-order valence-electron chi connectivity index (χ0n) is 7.94. The first-order chi connectivity index (χ1) is 7.16. The Balaban J connectivity index is 2.43. The van der Waals surface area contributed by atoms with Crippen molar-refractivity contribution in [3.63, 3.8) is 0 Å². The summed E-state index contributed by atoms with van der Waals surface area (Å²) in [6.45, 7) is 0. The van der Waals surface area contributed by atoms with Gasteiger partial charge in [-0.05, 0) is 35.9 Å². The fraction of sp³-hybridized carbons (Fsp3) is 0. The topological polar surface area (TPSA) is 60.2 Å². The van der Waals surface area contributed by atoms with Crippen molar-refractivity contribution in [2.75, 3.05) is 5.73 Å². The summed E-state index contributed by atoms with van der Waals surface area (Å²) in [5, 5.41) is 0. The van der Waals surface area contributed by atoms with E-state index >= 15 is 0 Å². The van der Waals surface area contributed by atoms with Gasteiger partial charge < -0.3 is 5.73 Å². The minimum absolute atomic E-state index is 0.153. The summed E-state index contributed by atoms with van der Waals surface area (Å²) < 4.78 is 0. The molecule has 0 spiro atoms. The van der Waals surface area contributed by atoms with Gasteiger partial charge in [0.05, 0.1) is 0 Å². The molecule has 1 aromatic carbocycles. The molecule has 0 saturated heterocycles. The minimum Gasteiger partial charge on any atom is -0.399 e. The Hall–Kier alpha value is -2.16. The molecule has 1 aliphatic rings. The van der Waals surface area contributed by atoms with E-state index in [2.05, 4.69) is 0 Å². The Morgan fingerprint density at radius 2 is 1.60 bits per heavy atom. The average Bonchev–Trinajstić information content (AvgIpc) is 2.23. The van der Waals surface area contributed by atoms with E-state index in [1.165, 1.54) is 18.2 Å². The molecule has 0 aromatic heterocycles. The standard InChI is InChI=1S/C12H9NO2/c13-9-3-1-8(2-4-9)11-7-10(14)5-6-12(11)15/h1-7H,13H2. The lowest BCUT2D eigenvalue weighted by atomic mass is 9.96. The number of hydrogen-bond donors (Lipinski definition) is 1. The molecule has 0 saturated carbocycles. The number of anilines is 1. The number of ketones is 2.